The van der Waals surface area contributed by atoms with E-state index in [-0.39, 0.29) is 29.6 Å². The highest BCUT2D eigenvalue weighted by Gasteiger charge is 2.28. The number of aliphatic carboxylic acids is 2. The van der Waals surface area contributed by atoms with Gasteiger partial charge in [0.1, 0.15) is 23.4 Å². The number of carboxylic acids is 2. The van der Waals surface area contributed by atoms with Crippen molar-refractivity contribution in [2.45, 2.75) is 96.0 Å². The predicted molar refractivity (Wildman–Crippen MR) is 131 cm³/mol. The molecule has 4 N–H and O–H groups in total. The van der Waals surface area contributed by atoms with Gasteiger partial charge in [-0.15, -0.1) is 11.8 Å². The Morgan fingerprint density at radius 1 is 1.03 bits per heavy atom. The van der Waals surface area contributed by atoms with E-state index in [4.69, 9.17) is 19.7 Å². The van der Waals surface area contributed by atoms with E-state index in [1.807, 2.05) is 0 Å². The summed E-state index contributed by atoms with van der Waals surface area (Å²) in [5.41, 5.74) is 0. The van der Waals surface area contributed by atoms with Gasteiger partial charge in [-0.05, 0) is 46.6 Å². The number of esters is 2. The molecule has 0 aromatic carbocycles. The molecule has 1 aliphatic heterocycles. The lowest BCUT2D eigenvalue weighted by Gasteiger charge is -2.22. The molecule has 198 valence electrons. The van der Waals surface area contributed by atoms with E-state index in [0.717, 1.165) is 45.1 Å². The van der Waals surface area contributed by atoms with Gasteiger partial charge < -0.3 is 25.0 Å². The Morgan fingerprint density at radius 3 is 2.15 bits per heavy atom. The van der Waals surface area contributed by atoms with Crippen LogP contribution in [0.2, 0.25) is 0 Å². The fourth-order valence-corrected chi connectivity index (χ4v) is 4.36. The minimum Gasteiger partial charge on any atom is -0.480 e. The molecule has 11 heteroatoms. The maximum atomic E-state index is 12.2. The Kier molecular flexibility index (Phi) is 18.4. The summed E-state index contributed by atoms with van der Waals surface area (Å²) < 4.78 is 10.1. The summed E-state index contributed by atoms with van der Waals surface area (Å²) in [6.07, 6.45) is 6.64. The first-order valence-electron chi connectivity index (χ1n) is 12.1. The van der Waals surface area contributed by atoms with Crippen molar-refractivity contribution < 1.29 is 38.9 Å². The van der Waals surface area contributed by atoms with Crippen LogP contribution in [0.1, 0.15) is 72.6 Å². The van der Waals surface area contributed by atoms with Gasteiger partial charge in [-0.3, -0.25) is 24.5 Å². The normalized spacial score (nSPS) is 17.6. The Hall–Kier alpha value is -1.85. The molecule has 0 radical (unpaired) electrons. The number of rotatable bonds is 16. The van der Waals surface area contributed by atoms with Gasteiger partial charge in [-0.2, -0.15) is 0 Å². The van der Waals surface area contributed by atoms with Crippen LogP contribution in [0.15, 0.2) is 0 Å². The first-order chi connectivity index (χ1) is 16.2. The lowest BCUT2D eigenvalue weighted by molar-refractivity contribution is -0.146. The summed E-state index contributed by atoms with van der Waals surface area (Å²) in [7, 11) is 0. The zero-order valence-corrected chi connectivity index (χ0v) is 21.7. The lowest BCUT2D eigenvalue weighted by atomic mass is 10.1. The number of thioether (sulfide) groups is 1. The monoisotopic (exact) mass is 506 g/mol. The third-order valence-electron chi connectivity index (χ3n) is 5.08. The molecule has 0 aromatic heterocycles. The van der Waals surface area contributed by atoms with E-state index in [1.54, 1.807) is 13.8 Å². The molecular weight excluding hydrogens is 464 g/mol. The van der Waals surface area contributed by atoms with Crippen molar-refractivity contribution in [1.29, 1.82) is 0 Å². The Bertz CT molecular complexity index is 614. The van der Waals surface area contributed by atoms with Crippen LogP contribution in [0.25, 0.3) is 0 Å². The number of carbonyl (C=O) groups is 4. The number of ether oxygens (including phenoxy) is 2. The zero-order valence-electron chi connectivity index (χ0n) is 20.8. The predicted octanol–water partition coefficient (Wildman–Crippen LogP) is 2.44. The number of hydrogen-bond acceptors (Lipinski definition) is 9. The van der Waals surface area contributed by atoms with Crippen LogP contribution in [0.4, 0.5) is 0 Å². The van der Waals surface area contributed by atoms with Crippen LogP contribution in [-0.4, -0.2) is 83.0 Å². The third kappa shape index (κ3) is 14.4. The van der Waals surface area contributed by atoms with E-state index in [9.17, 15) is 19.2 Å². The molecule has 1 unspecified atom stereocenters. The van der Waals surface area contributed by atoms with Crippen LogP contribution in [-0.2, 0) is 28.7 Å². The largest absolute Gasteiger partial charge is 0.480 e. The second-order valence-corrected chi connectivity index (χ2v) is 9.18. The highest BCUT2D eigenvalue weighted by atomic mass is 32.2. The third-order valence-corrected chi connectivity index (χ3v) is 6.44. The quantitative estimate of drug-likeness (QED) is 0.180. The number of hydrogen-bond donors (Lipinski definition) is 4. The molecular formula is C23H42N2O8S. The lowest BCUT2D eigenvalue weighted by Crippen LogP contribution is -2.48. The molecule has 34 heavy (non-hydrogen) atoms. The Morgan fingerprint density at radius 2 is 1.68 bits per heavy atom. The second-order valence-electron chi connectivity index (χ2n) is 7.94. The molecule has 0 saturated carbocycles. The van der Waals surface area contributed by atoms with Crippen molar-refractivity contribution in [2.75, 3.05) is 25.5 Å². The fraction of sp³-hybridized carbons (Fsp3) is 0.826. The zero-order chi connectivity index (χ0) is 25.9. The average Bonchev–Trinajstić information content (AvgIpc) is 3.33. The Balaban J connectivity index is 0.00000113. The highest BCUT2D eigenvalue weighted by Crippen LogP contribution is 2.21. The van der Waals surface area contributed by atoms with Crippen LogP contribution < -0.4 is 10.6 Å². The summed E-state index contributed by atoms with van der Waals surface area (Å²) in [4.78, 5) is 45.5. The molecule has 1 rings (SSSR count). The second kappa shape index (κ2) is 19.5. The number of carboxylic acid groups (broad SMARTS) is 2. The van der Waals surface area contributed by atoms with Crippen LogP contribution in [0.3, 0.4) is 0 Å². The fourth-order valence-electron chi connectivity index (χ4n) is 3.17. The maximum absolute atomic E-state index is 12.2. The molecule has 1 heterocycles. The highest BCUT2D eigenvalue weighted by molar-refractivity contribution is 8.00. The van der Waals surface area contributed by atoms with Crippen molar-refractivity contribution in [2.24, 2.45) is 0 Å². The van der Waals surface area contributed by atoms with E-state index in [1.165, 1.54) is 18.7 Å². The molecule has 4 atom stereocenters. The van der Waals surface area contributed by atoms with E-state index in [0.29, 0.717) is 13.0 Å². The van der Waals surface area contributed by atoms with Gasteiger partial charge in [0.05, 0.1) is 13.2 Å². The van der Waals surface area contributed by atoms with Crippen molar-refractivity contribution >= 4 is 35.6 Å². The molecule has 0 spiro atoms. The minimum atomic E-state index is -1.05. The topological polar surface area (TPSA) is 151 Å². The van der Waals surface area contributed by atoms with E-state index < -0.39 is 30.0 Å². The van der Waals surface area contributed by atoms with Crippen molar-refractivity contribution in [3.05, 3.63) is 0 Å². The number of carbonyl (C=O) groups excluding carboxylic acids is 2. The van der Waals surface area contributed by atoms with Gasteiger partial charge in [0.25, 0.3) is 0 Å². The molecule has 0 aromatic rings. The SMILES string of the molecule is CCCCCCC(SC[C@H](N[C@@H](C)C(=O)O)C(=O)OCC)C(=O)OCC.O=C(O)[C@@H]1CCCN1. The van der Waals surface area contributed by atoms with E-state index >= 15 is 0 Å². The number of unbranched alkanes of at least 4 members (excludes halogenated alkanes) is 3. The van der Waals surface area contributed by atoms with Crippen LogP contribution in [0.5, 0.6) is 0 Å². The smallest absolute Gasteiger partial charge is 0.324 e. The first kappa shape index (κ1) is 32.1. The van der Waals surface area contributed by atoms with Gasteiger partial charge in [0.2, 0.25) is 0 Å². The van der Waals surface area contributed by atoms with Crippen molar-refractivity contribution in [3.8, 4) is 0 Å². The van der Waals surface area contributed by atoms with Crippen LogP contribution >= 0.6 is 11.8 Å². The standard InChI is InChI=1S/C18H33NO6S.C5H9NO2/c1-5-8-9-10-11-15(18(23)25-7-3)26-12-14(17(22)24-6-2)19-13(4)16(20)21;7-5(8)4-2-1-3-6-4/h13-15,19H,5-12H2,1-4H3,(H,20,21);4,6H,1-3H2,(H,7,8)/t13-,14-,15?;4-/m00/s1. The Labute approximate surface area is 206 Å². The van der Waals surface area contributed by atoms with Crippen molar-refractivity contribution in [1.82, 2.24) is 10.6 Å². The van der Waals surface area contributed by atoms with Gasteiger partial charge in [0.15, 0.2) is 0 Å². The van der Waals surface area contributed by atoms with Gasteiger partial charge in [-0.1, -0.05) is 32.6 Å². The molecule has 1 aliphatic rings. The molecule has 10 nitrogen and oxygen atoms in total. The summed E-state index contributed by atoms with van der Waals surface area (Å²) in [6.45, 7) is 8.41. The van der Waals surface area contributed by atoms with Gasteiger partial charge >= 0.3 is 23.9 Å². The molecule has 0 bridgehead atoms. The summed E-state index contributed by atoms with van der Waals surface area (Å²) in [5, 5.41) is 22.6. The molecule has 0 aliphatic carbocycles. The van der Waals surface area contributed by atoms with Crippen LogP contribution in [0, 0.1) is 0 Å². The van der Waals surface area contributed by atoms with E-state index in [2.05, 4.69) is 17.6 Å². The minimum absolute atomic E-state index is 0.210. The summed E-state index contributed by atoms with van der Waals surface area (Å²) in [5.74, 6) is -2.33. The molecule has 1 fully saturated rings. The van der Waals surface area contributed by atoms with Crippen molar-refractivity contribution in [3.63, 3.8) is 0 Å². The maximum Gasteiger partial charge on any atom is 0.324 e. The first-order valence-corrected chi connectivity index (χ1v) is 13.1. The van der Waals surface area contributed by atoms with Gasteiger partial charge in [0, 0.05) is 5.75 Å². The molecule has 0 amide bonds. The number of nitrogens with one attached hydrogen (secondary N) is 2. The molecule has 1 saturated heterocycles. The summed E-state index contributed by atoms with van der Waals surface area (Å²) in [6, 6.07) is -1.95. The summed E-state index contributed by atoms with van der Waals surface area (Å²) >= 11 is 1.31. The van der Waals surface area contributed by atoms with Gasteiger partial charge in [-0.25, -0.2) is 0 Å². The average molecular weight is 507 g/mol.